The number of nitro groups is 2. The molecule has 3 rings (SSSR count). The number of hydrogen-bond acceptors (Lipinski definition) is 7. The third kappa shape index (κ3) is 6.32. The van der Waals surface area contributed by atoms with E-state index in [0.717, 1.165) is 30.4 Å². The molecule has 0 radical (unpaired) electrons. The predicted octanol–water partition coefficient (Wildman–Crippen LogP) is 5.31. The summed E-state index contributed by atoms with van der Waals surface area (Å²) < 4.78 is 6.13. The number of nitrogens with zero attached hydrogens (tertiary/aromatic N) is 3. The van der Waals surface area contributed by atoms with Crippen LogP contribution in [0.15, 0.2) is 53.6 Å². The van der Waals surface area contributed by atoms with Crippen molar-refractivity contribution >= 4 is 22.8 Å². The number of ether oxygens (including phenoxy) is 1. The zero-order valence-corrected chi connectivity index (χ0v) is 17.6. The zero-order valence-electron chi connectivity index (χ0n) is 17.6. The Balaban J connectivity index is 1.72. The Labute approximate surface area is 180 Å². The van der Waals surface area contributed by atoms with Gasteiger partial charge < -0.3 is 4.74 Å². The molecule has 31 heavy (non-hydrogen) atoms. The minimum absolute atomic E-state index is 0.0903. The maximum atomic E-state index is 11.3. The highest BCUT2D eigenvalue weighted by atomic mass is 16.6. The SMILES string of the molecule is C/C(=N\Nc1ccc([N+](=O)[O-])cc1[N+](=O)[O-])[C@H](CC[C@@H]1C[C@H]1C)OCc1ccccc1. The Hall–Kier alpha value is -3.33. The molecule has 0 aliphatic heterocycles. The van der Waals surface area contributed by atoms with Crippen LogP contribution in [-0.4, -0.2) is 21.7 Å². The fourth-order valence-electron chi connectivity index (χ4n) is 3.45. The van der Waals surface area contributed by atoms with Crippen LogP contribution in [0, 0.1) is 32.1 Å². The first-order chi connectivity index (χ1) is 14.8. The van der Waals surface area contributed by atoms with Crippen molar-refractivity contribution in [1.82, 2.24) is 0 Å². The number of anilines is 1. The van der Waals surface area contributed by atoms with E-state index in [2.05, 4.69) is 17.5 Å². The minimum atomic E-state index is -0.669. The van der Waals surface area contributed by atoms with E-state index in [1.807, 2.05) is 37.3 Å². The summed E-state index contributed by atoms with van der Waals surface area (Å²) in [4.78, 5) is 20.9. The average molecular weight is 426 g/mol. The van der Waals surface area contributed by atoms with Crippen LogP contribution < -0.4 is 5.43 Å². The largest absolute Gasteiger partial charge is 0.368 e. The van der Waals surface area contributed by atoms with E-state index in [4.69, 9.17) is 4.74 Å². The van der Waals surface area contributed by atoms with Crippen molar-refractivity contribution in [2.75, 3.05) is 5.43 Å². The predicted molar refractivity (Wildman–Crippen MR) is 118 cm³/mol. The zero-order chi connectivity index (χ0) is 22.4. The molecule has 0 aromatic heterocycles. The molecule has 9 nitrogen and oxygen atoms in total. The van der Waals surface area contributed by atoms with Crippen molar-refractivity contribution in [3.05, 3.63) is 74.3 Å². The van der Waals surface area contributed by atoms with Gasteiger partial charge in [0.15, 0.2) is 0 Å². The van der Waals surface area contributed by atoms with Gasteiger partial charge in [-0.2, -0.15) is 5.10 Å². The molecule has 1 fully saturated rings. The Morgan fingerprint density at radius 2 is 1.90 bits per heavy atom. The fraction of sp³-hybridized carbons (Fsp3) is 0.409. The maximum Gasteiger partial charge on any atom is 0.301 e. The number of non-ortho nitro benzene ring substituents is 1. The Morgan fingerprint density at radius 1 is 1.19 bits per heavy atom. The summed E-state index contributed by atoms with van der Waals surface area (Å²) in [5.74, 6) is 1.45. The Bertz CT molecular complexity index is 964. The molecule has 0 spiro atoms. The third-order valence-corrected chi connectivity index (χ3v) is 5.58. The van der Waals surface area contributed by atoms with Gasteiger partial charge in [-0.3, -0.25) is 25.7 Å². The monoisotopic (exact) mass is 426 g/mol. The van der Waals surface area contributed by atoms with Crippen LogP contribution >= 0.6 is 0 Å². The third-order valence-electron chi connectivity index (χ3n) is 5.58. The van der Waals surface area contributed by atoms with Gasteiger partial charge in [0.25, 0.3) is 5.69 Å². The average Bonchev–Trinajstić information content (AvgIpc) is 3.47. The molecule has 0 unspecified atom stereocenters. The van der Waals surface area contributed by atoms with Crippen LogP contribution in [0.3, 0.4) is 0 Å². The molecule has 0 heterocycles. The highest BCUT2D eigenvalue weighted by molar-refractivity contribution is 5.87. The lowest BCUT2D eigenvalue weighted by atomic mass is 10.1. The van der Waals surface area contributed by atoms with E-state index in [9.17, 15) is 20.2 Å². The van der Waals surface area contributed by atoms with Crippen LogP contribution in [0.25, 0.3) is 0 Å². The summed E-state index contributed by atoms with van der Waals surface area (Å²) in [6, 6.07) is 13.3. The van der Waals surface area contributed by atoms with Gasteiger partial charge in [0.05, 0.1) is 34.3 Å². The number of hydrogen-bond donors (Lipinski definition) is 1. The molecule has 164 valence electrons. The molecular formula is C22H26N4O5. The van der Waals surface area contributed by atoms with Gasteiger partial charge >= 0.3 is 5.69 Å². The second-order valence-corrected chi connectivity index (χ2v) is 7.92. The maximum absolute atomic E-state index is 11.3. The summed E-state index contributed by atoms with van der Waals surface area (Å²) in [6.07, 6.45) is 2.83. The number of nitro benzene ring substituents is 2. The Kier molecular flexibility index (Phi) is 7.30. The topological polar surface area (TPSA) is 120 Å². The van der Waals surface area contributed by atoms with Crippen LogP contribution in [0.4, 0.5) is 17.1 Å². The Morgan fingerprint density at radius 3 is 2.52 bits per heavy atom. The van der Waals surface area contributed by atoms with Crippen molar-refractivity contribution in [2.24, 2.45) is 16.9 Å². The lowest BCUT2D eigenvalue weighted by molar-refractivity contribution is -0.393. The normalized spacial score (nSPS) is 19.0. The molecular weight excluding hydrogens is 400 g/mol. The lowest BCUT2D eigenvalue weighted by Crippen LogP contribution is -2.23. The van der Waals surface area contributed by atoms with Crippen molar-refractivity contribution in [3.8, 4) is 0 Å². The van der Waals surface area contributed by atoms with Crippen molar-refractivity contribution in [1.29, 1.82) is 0 Å². The van der Waals surface area contributed by atoms with Gasteiger partial charge in [-0.05, 0) is 49.7 Å². The smallest absolute Gasteiger partial charge is 0.301 e. The van der Waals surface area contributed by atoms with Gasteiger partial charge in [-0.15, -0.1) is 0 Å². The van der Waals surface area contributed by atoms with Gasteiger partial charge in [0, 0.05) is 6.07 Å². The summed E-state index contributed by atoms with van der Waals surface area (Å²) in [5, 5.41) is 26.5. The highest BCUT2D eigenvalue weighted by Crippen LogP contribution is 2.41. The first-order valence-electron chi connectivity index (χ1n) is 10.2. The van der Waals surface area contributed by atoms with Gasteiger partial charge in [0.1, 0.15) is 5.69 Å². The molecule has 2 aromatic rings. The molecule has 1 aliphatic rings. The molecule has 3 atom stereocenters. The van der Waals surface area contributed by atoms with E-state index < -0.39 is 15.5 Å². The fourth-order valence-corrected chi connectivity index (χ4v) is 3.45. The van der Waals surface area contributed by atoms with Crippen molar-refractivity contribution < 1.29 is 14.6 Å². The van der Waals surface area contributed by atoms with E-state index in [1.54, 1.807) is 0 Å². The molecule has 1 aliphatic carbocycles. The quantitative estimate of drug-likeness (QED) is 0.295. The van der Waals surface area contributed by atoms with Crippen LogP contribution in [0.2, 0.25) is 0 Å². The molecule has 2 aromatic carbocycles. The molecule has 0 saturated heterocycles. The second kappa shape index (κ2) is 10.1. The molecule has 0 bridgehead atoms. The number of benzene rings is 2. The van der Waals surface area contributed by atoms with Gasteiger partial charge in [0.2, 0.25) is 0 Å². The van der Waals surface area contributed by atoms with Crippen LogP contribution in [0.1, 0.15) is 38.7 Å². The number of rotatable bonds is 11. The second-order valence-electron chi connectivity index (χ2n) is 7.92. The van der Waals surface area contributed by atoms with Crippen LogP contribution in [0.5, 0.6) is 0 Å². The number of hydrazone groups is 1. The summed E-state index contributed by atoms with van der Waals surface area (Å²) in [5.41, 5.74) is 3.75. The van der Waals surface area contributed by atoms with E-state index in [1.165, 1.54) is 18.6 Å². The standard InChI is InChI=1S/C22H26N4O5/c1-15-12-18(15)8-11-22(31-14-17-6-4-3-5-7-17)16(2)23-24-20-10-9-19(25(27)28)13-21(20)26(29)30/h3-7,9-10,13,15,18,22,24H,8,11-12,14H2,1-2H3/b23-16+/t15-,18-,22+/m1/s1. The number of nitrogens with one attached hydrogen (secondary N) is 1. The first-order valence-corrected chi connectivity index (χ1v) is 10.2. The van der Waals surface area contributed by atoms with Gasteiger partial charge in [-0.25, -0.2) is 0 Å². The molecule has 1 N–H and O–H groups in total. The van der Waals surface area contributed by atoms with E-state index in [-0.39, 0.29) is 17.5 Å². The van der Waals surface area contributed by atoms with E-state index in [0.29, 0.717) is 18.2 Å². The molecule has 9 heteroatoms. The van der Waals surface area contributed by atoms with Gasteiger partial charge in [-0.1, -0.05) is 37.3 Å². The lowest BCUT2D eigenvalue weighted by Gasteiger charge is -2.18. The van der Waals surface area contributed by atoms with Crippen molar-refractivity contribution in [2.45, 2.75) is 45.8 Å². The first kappa shape index (κ1) is 22.4. The summed E-state index contributed by atoms with van der Waals surface area (Å²) in [7, 11) is 0. The van der Waals surface area contributed by atoms with E-state index >= 15 is 0 Å². The minimum Gasteiger partial charge on any atom is -0.368 e. The van der Waals surface area contributed by atoms with Crippen LogP contribution in [-0.2, 0) is 11.3 Å². The molecule has 1 saturated carbocycles. The molecule has 0 amide bonds. The van der Waals surface area contributed by atoms with Crippen molar-refractivity contribution in [3.63, 3.8) is 0 Å². The summed E-state index contributed by atoms with van der Waals surface area (Å²) in [6.45, 7) is 4.49. The highest BCUT2D eigenvalue weighted by Gasteiger charge is 2.33. The summed E-state index contributed by atoms with van der Waals surface area (Å²) >= 11 is 0.